The highest BCUT2D eigenvalue weighted by molar-refractivity contribution is 5.96. The number of hydrogen-bond acceptors (Lipinski definition) is 3. The molecule has 3 atom stereocenters. The molecule has 1 aliphatic heterocycles. The molecule has 3 rings (SSSR count). The molecule has 0 unspecified atom stereocenters. The van der Waals surface area contributed by atoms with Crippen LogP contribution in [0.3, 0.4) is 0 Å². The van der Waals surface area contributed by atoms with E-state index >= 15 is 0 Å². The van der Waals surface area contributed by atoms with Crippen molar-refractivity contribution in [3.63, 3.8) is 0 Å². The first-order valence-electron chi connectivity index (χ1n) is 6.23. The van der Waals surface area contributed by atoms with E-state index in [1.165, 1.54) is 4.90 Å². The van der Waals surface area contributed by atoms with Crippen LogP contribution >= 0.6 is 0 Å². The lowest BCUT2D eigenvalue weighted by molar-refractivity contribution is -0.130. The lowest BCUT2D eigenvalue weighted by atomic mass is 10.1. The van der Waals surface area contributed by atoms with Gasteiger partial charge in [0.05, 0.1) is 0 Å². The van der Waals surface area contributed by atoms with Gasteiger partial charge in [-0.2, -0.15) is 0 Å². The smallest absolute Gasteiger partial charge is 0.417 e. The molecule has 1 heterocycles. The van der Waals surface area contributed by atoms with Crippen LogP contribution in [-0.4, -0.2) is 23.5 Å². The first-order valence-corrected chi connectivity index (χ1v) is 6.23. The lowest BCUT2D eigenvalue weighted by Crippen LogP contribution is -2.35. The van der Waals surface area contributed by atoms with Gasteiger partial charge in [0.15, 0.2) is 0 Å². The van der Waals surface area contributed by atoms with Crippen LogP contribution in [0.1, 0.15) is 24.9 Å². The van der Waals surface area contributed by atoms with Gasteiger partial charge in [-0.25, -0.2) is 9.69 Å². The lowest BCUT2D eigenvalue weighted by Gasteiger charge is -2.19. The highest BCUT2D eigenvalue weighted by atomic mass is 16.6. The molecule has 4 nitrogen and oxygen atoms in total. The predicted molar refractivity (Wildman–Crippen MR) is 64.6 cm³/mol. The van der Waals surface area contributed by atoms with Crippen LogP contribution in [0.4, 0.5) is 4.79 Å². The van der Waals surface area contributed by atoms with Gasteiger partial charge in [-0.1, -0.05) is 37.3 Å². The Balaban J connectivity index is 1.86. The van der Waals surface area contributed by atoms with Crippen molar-refractivity contribution in [3.8, 4) is 0 Å². The Morgan fingerprint density at radius 3 is 2.61 bits per heavy atom. The molecule has 1 aliphatic carbocycles. The number of imide groups is 1. The molecular formula is C14H15NO3. The van der Waals surface area contributed by atoms with E-state index in [9.17, 15) is 9.59 Å². The number of amides is 2. The standard InChI is InChI=1S/C14H15NO3/c1-9-7-11(9)13(16)15-12(8-18-14(15)17)10-5-3-2-4-6-10/h2-6,9,11-12H,7-8H2,1H3/t9-,11+,12+/m0/s1. The van der Waals surface area contributed by atoms with E-state index in [4.69, 9.17) is 4.74 Å². The topological polar surface area (TPSA) is 46.6 Å². The van der Waals surface area contributed by atoms with Crippen molar-refractivity contribution in [1.29, 1.82) is 0 Å². The van der Waals surface area contributed by atoms with E-state index in [-0.39, 0.29) is 24.5 Å². The Morgan fingerprint density at radius 2 is 2.00 bits per heavy atom. The number of rotatable bonds is 2. The van der Waals surface area contributed by atoms with Crippen LogP contribution in [0, 0.1) is 11.8 Å². The summed E-state index contributed by atoms with van der Waals surface area (Å²) in [7, 11) is 0. The first kappa shape index (κ1) is 11.3. The molecule has 0 bridgehead atoms. The van der Waals surface area contributed by atoms with Crippen molar-refractivity contribution in [2.45, 2.75) is 19.4 Å². The molecule has 0 N–H and O–H groups in total. The molecule has 4 heteroatoms. The summed E-state index contributed by atoms with van der Waals surface area (Å²) in [4.78, 5) is 25.3. The van der Waals surface area contributed by atoms with Gasteiger partial charge < -0.3 is 4.74 Å². The number of hydrogen-bond donors (Lipinski definition) is 0. The van der Waals surface area contributed by atoms with E-state index in [0.717, 1.165) is 12.0 Å². The Kier molecular flexibility index (Phi) is 2.58. The van der Waals surface area contributed by atoms with E-state index < -0.39 is 6.09 Å². The van der Waals surface area contributed by atoms with Crippen LogP contribution in [0.25, 0.3) is 0 Å². The summed E-state index contributed by atoms with van der Waals surface area (Å²) < 4.78 is 5.03. The molecule has 0 radical (unpaired) electrons. The molecule has 1 aromatic rings. The quantitative estimate of drug-likeness (QED) is 0.803. The highest BCUT2D eigenvalue weighted by Crippen LogP contribution is 2.42. The van der Waals surface area contributed by atoms with Gasteiger partial charge in [0.2, 0.25) is 5.91 Å². The van der Waals surface area contributed by atoms with E-state index in [1.54, 1.807) is 0 Å². The fourth-order valence-corrected chi connectivity index (χ4v) is 2.43. The normalized spacial score (nSPS) is 30.2. The molecule has 0 spiro atoms. The van der Waals surface area contributed by atoms with Crippen molar-refractivity contribution >= 4 is 12.0 Å². The van der Waals surface area contributed by atoms with Gasteiger partial charge in [0, 0.05) is 5.92 Å². The minimum absolute atomic E-state index is 0.00172. The van der Waals surface area contributed by atoms with Gasteiger partial charge in [-0.05, 0) is 17.9 Å². The molecule has 2 fully saturated rings. The maximum atomic E-state index is 12.2. The number of benzene rings is 1. The Morgan fingerprint density at radius 1 is 1.33 bits per heavy atom. The molecule has 18 heavy (non-hydrogen) atoms. The maximum Gasteiger partial charge on any atom is 0.417 e. The fraction of sp³-hybridized carbons (Fsp3) is 0.429. The molecule has 1 saturated carbocycles. The molecule has 2 amide bonds. The van der Waals surface area contributed by atoms with E-state index in [1.807, 2.05) is 37.3 Å². The fourth-order valence-electron chi connectivity index (χ4n) is 2.43. The third kappa shape index (κ3) is 1.78. The minimum atomic E-state index is -0.507. The van der Waals surface area contributed by atoms with Crippen molar-refractivity contribution < 1.29 is 14.3 Å². The average Bonchev–Trinajstić information content (AvgIpc) is 2.99. The zero-order valence-electron chi connectivity index (χ0n) is 10.2. The van der Waals surface area contributed by atoms with Crippen molar-refractivity contribution in [3.05, 3.63) is 35.9 Å². The summed E-state index contributed by atoms with van der Waals surface area (Å²) in [6, 6.07) is 9.29. The summed E-state index contributed by atoms with van der Waals surface area (Å²) >= 11 is 0. The van der Waals surface area contributed by atoms with Crippen LogP contribution in [0.2, 0.25) is 0 Å². The van der Waals surface area contributed by atoms with Crippen LogP contribution in [0.15, 0.2) is 30.3 Å². The summed E-state index contributed by atoms with van der Waals surface area (Å²) in [5.41, 5.74) is 0.949. The summed E-state index contributed by atoms with van der Waals surface area (Å²) in [5, 5.41) is 0. The number of cyclic esters (lactones) is 1. The second-order valence-corrected chi connectivity index (χ2v) is 5.03. The summed E-state index contributed by atoms with van der Waals surface area (Å²) in [6.45, 7) is 2.29. The third-order valence-electron chi connectivity index (χ3n) is 3.72. The third-order valence-corrected chi connectivity index (χ3v) is 3.72. The Labute approximate surface area is 106 Å². The zero-order valence-corrected chi connectivity index (χ0v) is 10.2. The first-order chi connectivity index (χ1) is 8.68. The second kappa shape index (κ2) is 4.12. The van der Waals surface area contributed by atoms with Crippen molar-refractivity contribution in [1.82, 2.24) is 4.90 Å². The Hall–Kier alpha value is -1.84. The van der Waals surface area contributed by atoms with Crippen LogP contribution in [-0.2, 0) is 9.53 Å². The highest BCUT2D eigenvalue weighted by Gasteiger charge is 2.48. The average molecular weight is 245 g/mol. The minimum Gasteiger partial charge on any atom is -0.446 e. The second-order valence-electron chi connectivity index (χ2n) is 5.03. The largest absolute Gasteiger partial charge is 0.446 e. The zero-order chi connectivity index (χ0) is 12.7. The van der Waals surface area contributed by atoms with Gasteiger partial charge in [-0.3, -0.25) is 4.79 Å². The number of carbonyl (C=O) groups excluding carboxylic acids is 2. The van der Waals surface area contributed by atoms with Gasteiger partial charge in [0.25, 0.3) is 0 Å². The monoisotopic (exact) mass is 245 g/mol. The number of carbonyl (C=O) groups is 2. The molecule has 2 aliphatic rings. The van der Waals surface area contributed by atoms with Gasteiger partial charge >= 0.3 is 6.09 Å². The summed E-state index contributed by atoms with van der Waals surface area (Å²) in [6.07, 6.45) is 0.373. The van der Waals surface area contributed by atoms with Crippen molar-refractivity contribution in [2.75, 3.05) is 6.61 Å². The van der Waals surface area contributed by atoms with E-state index in [0.29, 0.717) is 5.92 Å². The molecule has 0 aromatic heterocycles. The van der Waals surface area contributed by atoms with Crippen LogP contribution < -0.4 is 0 Å². The van der Waals surface area contributed by atoms with E-state index in [2.05, 4.69) is 0 Å². The van der Waals surface area contributed by atoms with Gasteiger partial charge in [0.1, 0.15) is 12.6 Å². The number of ether oxygens (including phenoxy) is 1. The molecular weight excluding hydrogens is 230 g/mol. The number of nitrogens with zero attached hydrogens (tertiary/aromatic N) is 1. The SMILES string of the molecule is C[C@H]1C[C@H]1C(=O)N1C(=O)OC[C@@H]1c1ccccc1. The predicted octanol–water partition coefficient (Wildman–Crippen LogP) is 2.36. The van der Waals surface area contributed by atoms with Crippen LogP contribution in [0.5, 0.6) is 0 Å². The molecule has 94 valence electrons. The van der Waals surface area contributed by atoms with Crippen molar-refractivity contribution in [2.24, 2.45) is 11.8 Å². The molecule has 1 aromatic carbocycles. The Bertz CT molecular complexity index is 485. The van der Waals surface area contributed by atoms with Gasteiger partial charge in [-0.15, -0.1) is 0 Å². The summed E-state index contributed by atoms with van der Waals surface area (Å²) in [5.74, 6) is 0.308. The molecule has 1 saturated heterocycles. The maximum absolute atomic E-state index is 12.2.